The van der Waals surface area contributed by atoms with E-state index < -0.39 is 0 Å². The summed E-state index contributed by atoms with van der Waals surface area (Å²) >= 11 is 1.44. The van der Waals surface area contributed by atoms with Gasteiger partial charge in [-0.15, -0.1) is 11.3 Å². The molecule has 0 radical (unpaired) electrons. The second-order valence-electron chi connectivity index (χ2n) is 6.69. The number of aromatic nitrogens is 1. The molecular weight excluding hydrogens is 417 g/mol. The summed E-state index contributed by atoms with van der Waals surface area (Å²) in [4.78, 5) is 5.29. The van der Waals surface area contributed by atoms with Crippen molar-refractivity contribution in [3.8, 4) is 28.5 Å². The van der Waals surface area contributed by atoms with Crippen molar-refractivity contribution in [1.29, 1.82) is 0 Å². The first-order valence-corrected chi connectivity index (χ1v) is 10.3. The van der Waals surface area contributed by atoms with Crippen molar-refractivity contribution >= 4 is 17.6 Å². The summed E-state index contributed by atoms with van der Waals surface area (Å²) < 4.78 is 31.4. The molecule has 0 spiro atoms. The Morgan fingerprint density at radius 3 is 2.29 bits per heavy atom. The summed E-state index contributed by atoms with van der Waals surface area (Å²) in [5, 5.41) is 6.60. The zero-order valence-corrected chi connectivity index (χ0v) is 18.7. The summed E-state index contributed by atoms with van der Waals surface area (Å²) in [5.74, 6) is 1.42. The van der Waals surface area contributed by atoms with E-state index in [-0.39, 0.29) is 5.82 Å². The average Bonchev–Trinajstić information content (AvgIpc) is 3.18. The molecule has 0 saturated heterocycles. The van der Waals surface area contributed by atoms with E-state index >= 15 is 0 Å². The monoisotopic (exact) mass is 441 g/mol. The molecular formula is C23H24FN3O3S. The maximum atomic E-state index is 13.4. The third-order valence-electron chi connectivity index (χ3n) is 4.37. The Kier molecular flexibility index (Phi) is 7.25. The fourth-order valence-electron chi connectivity index (χ4n) is 2.82. The summed E-state index contributed by atoms with van der Waals surface area (Å²) in [6.07, 6.45) is 1.65. The number of hydrogen-bond donors (Lipinski definition) is 0. The first kappa shape index (κ1) is 22.3. The molecule has 0 aliphatic rings. The molecule has 0 unspecified atom stereocenters. The second kappa shape index (κ2) is 10.1. The van der Waals surface area contributed by atoms with Crippen molar-refractivity contribution in [1.82, 2.24) is 4.68 Å². The molecule has 31 heavy (non-hydrogen) atoms. The van der Waals surface area contributed by atoms with Crippen LogP contribution in [-0.4, -0.2) is 38.8 Å². The molecule has 8 heteroatoms. The van der Waals surface area contributed by atoms with Gasteiger partial charge in [0.25, 0.3) is 0 Å². The highest BCUT2D eigenvalue weighted by Crippen LogP contribution is 2.33. The van der Waals surface area contributed by atoms with Crippen LogP contribution in [0.15, 0.2) is 64.0 Å². The summed E-state index contributed by atoms with van der Waals surface area (Å²) in [7, 11) is 4.72. The van der Waals surface area contributed by atoms with E-state index in [4.69, 9.17) is 14.2 Å². The van der Waals surface area contributed by atoms with Gasteiger partial charge in [0.2, 0.25) is 4.80 Å². The van der Waals surface area contributed by atoms with Crippen LogP contribution in [0.2, 0.25) is 0 Å². The number of thiazole rings is 1. The van der Waals surface area contributed by atoms with Crippen molar-refractivity contribution in [2.24, 2.45) is 10.1 Å². The molecule has 162 valence electrons. The lowest BCUT2D eigenvalue weighted by atomic mass is 10.1. The van der Waals surface area contributed by atoms with Gasteiger partial charge in [0.1, 0.15) is 23.1 Å². The molecule has 0 aliphatic carbocycles. The van der Waals surface area contributed by atoms with Gasteiger partial charge in [-0.05, 0) is 31.2 Å². The van der Waals surface area contributed by atoms with Crippen molar-refractivity contribution in [3.05, 3.63) is 70.1 Å². The Labute approximate surface area is 184 Å². The van der Waals surface area contributed by atoms with Gasteiger partial charge in [-0.1, -0.05) is 12.2 Å². The lowest BCUT2D eigenvalue weighted by Crippen LogP contribution is -2.13. The number of benzene rings is 2. The topological polar surface area (TPSA) is 57.3 Å². The highest BCUT2D eigenvalue weighted by molar-refractivity contribution is 7.07. The van der Waals surface area contributed by atoms with Crippen LogP contribution in [0.1, 0.15) is 12.5 Å². The molecule has 3 rings (SSSR count). The molecule has 6 nitrogen and oxygen atoms in total. The standard InChI is InChI=1S/C23H24FN3O3S/c1-15(2)12-25-23-27(20(14-31-23)16-6-8-17(24)9-7-16)26-13-19-21(29-4)10-18(28-3)11-22(19)30-5/h6-11,13-14H,1,12H2,2-5H3. The van der Waals surface area contributed by atoms with Gasteiger partial charge < -0.3 is 14.2 Å². The van der Waals surface area contributed by atoms with Crippen LogP contribution in [0.5, 0.6) is 17.2 Å². The van der Waals surface area contributed by atoms with Gasteiger partial charge in [-0.3, -0.25) is 4.99 Å². The van der Waals surface area contributed by atoms with Crippen LogP contribution < -0.4 is 19.0 Å². The number of methoxy groups -OCH3 is 3. The van der Waals surface area contributed by atoms with E-state index in [0.29, 0.717) is 34.2 Å². The third-order valence-corrected chi connectivity index (χ3v) is 5.22. The van der Waals surface area contributed by atoms with Gasteiger partial charge in [-0.25, -0.2) is 9.07 Å². The normalized spacial score (nSPS) is 11.7. The summed E-state index contributed by atoms with van der Waals surface area (Å²) in [6.45, 7) is 6.30. The van der Waals surface area contributed by atoms with E-state index in [9.17, 15) is 4.39 Å². The zero-order chi connectivity index (χ0) is 22.4. The fourth-order valence-corrected chi connectivity index (χ4v) is 3.65. The van der Waals surface area contributed by atoms with Gasteiger partial charge in [0, 0.05) is 23.1 Å². The third kappa shape index (κ3) is 5.21. The molecule has 0 atom stereocenters. The van der Waals surface area contributed by atoms with E-state index in [1.165, 1.54) is 23.5 Å². The number of halogens is 1. The smallest absolute Gasteiger partial charge is 0.206 e. The van der Waals surface area contributed by atoms with Crippen LogP contribution >= 0.6 is 11.3 Å². The van der Waals surface area contributed by atoms with E-state index in [2.05, 4.69) is 16.7 Å². The van der Waals surface area contributed by atoms with Gasteiger partial charge >= 0.3 is 0 Å². The van der Waals surface area contributed by atoms with Gasteiger partial charge in [0.15, 0.2) is 0 Å². The summed E-state index contributed by atoms with van der Waals surface area (Å²) in [5.41, 5.74) is 3.19. The predicted octanol–water partition coefficient (Wildman–Crippen LogP) is 4.74. The minimum atomic E-state index is -0.297. The minimum Gasteiger partial charge on any atom is -0.496 e. The van der Waals surface area contributed by atoms with Crippen molar-refractivity contribution in [3.63, 3.8) is 0 Å². The Hall–Kier alpha value is -3.39. The minimum absolute atomic E-state index is 0.297. The highest BCUT2D eigenvalue weighted by atomic mass is 32.1. The number of nitrogens with zero attached hydrogens (tertiary/aromatic N) is 3. The Balaban J connectivity index is 2.14. The fraction of sp³-hybridized carbons (Fsp3) is 0.217. The van der Waals surface area contributed by atoms with Crippen molar-refractivity contribution in [2.45, 2.75) is 6.92 Å². The number of rotatable bonds is 8. The lowest BCUT2D eigenvalue weighted by molar-refractivity contribution is 0.374. The van der Waals surface area contributed by atoms with Gasteiger partial charge in [-0.2, -0.15) is 5.10 Å². The molecule has 3 aromatic rings. The molecule has 0 aliphatic heterocycles. The first-order valence-electron chi connectivity index (χ1n) is 9.42. The number of hydrogen-bond acceptors (Lipinski definition) is 6. The van der Waals surface area contributed by atoms with E-state index in [0.717, 1.165) is 16.8 Å². The van der Waals surface area contributed by atoms with Gasteiger partial charge in [0.05, 0.1) is 45.3 Å². The van der Waals surface area contributed by atoms with Crippen LogP contribution in [-0.2, 0) is 0 Å². The Morgan fingerprint density at radius 1 is 1.10 bits per heavy atom. The predicted molar refractivity (Wildman–Crippen MR) is 122 cm³/mol. The van der Waals surface area contributed by atoms with Crippen molar-refractivity contribution in [2.75, 3.05) is 27.9 Å². The van der Waals surface area contributed by atoms with Crippen molar-refractivity contribution < 1.29 is 18.6 Å². The molecule has 0 N–H and O–H groups in total. The molecule has 1 heterocycles. The van der Waals surface area contributed by atoms with E-state index in [1.54, 1.807) is 56.5 Å². The molecule has 2 aromatic carbocycles. The highest BCUT2D eigenvalue weighted by Gasteiger charge is 2.13. The summed E-state index contributed by atoms with van der Waals surface area (Å²) in [6, 6.07) is 9.77. The molecule has 0 saturated carbocycles. The Morgan fingerprint density at radius 2 is 1.74 bits per heavy atom. The van der Waals surface area contributed by atoms with Crippen LogP contribution in [0.3, 0.4) is 0 Å². The molecule has 0 fully saturated rings. The zero-order valence-electron chi connectivity index (χ0n) is 17.9. The van der Waals surface area contributed by atoms with Crippen LogP contribution in [0.4, 0.5) is 4.39 Å². The largest absolute Gasteiger partial charge is 0.496 e. The second-order valence-corrected chi connectivity index (χ2v) is 7.52. The van der Waals surface area contributed by atoms with Crippen LogP contribution in [0.25, 0.3) is 11.3 Å². The SMILES string of the molecule is C=C(C)CN=c1scc(-c2ccc(F)cc2)n1N=Cc1c(OC)cc(OC)cc1OC. The number of ether oxygens (including phenoxy) is 3. The molecule has 0 bridgehead atoms. The average molecular weight is 442 g/mol. The van der Waals surface area contributed by atoms with E-state index in [1.807, 2.05) is 12.3 Å². The Bertz CT molecular complexity index is 1140. The lowest BCUT2D eigenvalue weighted by Gasteiger charge is -2.12. The van der Waals surface area contributed by atoms with Crippen LogP contribution in [0, 0.1) is 5.82 Å². The first-order chi connectivity index (χ1) is 15.0. The molecule has 0 amide bonds. The molecule has 1 aromatic heterocycles. The quantitative estimate of drug-likeness (QED) is 0.375. The maximum absolute atomic E-state index is 13.4. The maximum Gasteiger partial charge on any atom is 0.206 e.